The van der Waals surface area contributed by atoms with Gasteiger partial charge in [-0.25, -0.2) is 8.42 Å². The largest absolute Gasteiger partial charge is 0.484 e. The number of aryl methyl sites for hydroxylation is 1. The molecule has 1 fully saturated rings. The van der Waals surface area contributed by atoms with Crippen LogP contribution in [0.25, 0.3) is 0 Å². The van der Waals surface area contributed by atoms with Crippen LogP contribution in [0.4, 0.5) is 13.2 Å². The first-order valence-electron chi connectivity index (χ1n) is 10.2. The molecule has 0 aliphatic carbocycles. The highest BCUT2D eigenvalue weighted by Crippen LogP contribution is 2.23. The van der Waals surface area contributed by atoms with E-state index in [1.165, 1.54) is 28.6 Å². The van der Waals surface area contributed by atoms with Crippen molar-refractivity contribution in [1.29, 1.82) is 0 Å². The van der Waals surface area contributed by atoms with Crippen LogP contribution in [0.2, 0.25) is 0 Å². The average Bonchev–Trinajstić information content (AvgIpc) is 2.77. The van der Waals surface area contributed by atoms with E-state index in [9.17, 15) is 26.4 Å². The SMILES string of the molecule is Cc1ccc(S(=O)(=O)N2CCCCC2)cc1C(=O)NCc1ccc(OCC(F)(F)F)cc1. The topological polar surface area (TPSA) is 75.7 Å². The van der Waals surface area contributed by atoms with Crippen LogP contribution >= 0.6 is 0 Å². The first kappa shape index (κ1) is 24.1. The summed E-state index contributed by atoms with van der Waals surface area (Å²) in [5.74, 6) is -0.362. The number of carbonyl (C=O) groups excluding carboxylic acids is 1. The zero-order valence-electron chi connectivity index (χ0n) is 17.6. The quantitative estimate of drug-likeness (QED) is 0.663. The highest BCUT2D eigenvalue weighted by molar-refractivity contribution is 7.89. The third-order valence-electron chi connectivity index (χ3n) is 5.19. The number of nitrogens with zero attached hydrogens (tertiary/aromatic N) is 1. The molecule has 0 spiro atoms. The number of alkyl halides is 3. The molecule has 32 heavy (non-hydrogen) atoms. The summed E-state index contributed by atoms with van der Waals surface area (Å²) in [6.45, 7) is 1.42. The number of amides is 1. The van der Waals surface area contributed by atoms with E-state index < -0.39 is 28.7 Å². The van der Waals surface area contributed by atoms with Gasteiger partial charge in [0.05, 0.1) is 4.90 Å². The van der Waals surface area contributed by atoms with Gasteiger partial charge in [0, 0.05) is 25.2 Å². The molecule has 2 aromatic carbocycles. The van der Waals surface area contributed by atoms with Gasteiger partial charge in [0.1, 0.15) is 5.75 Å². The maximum atomic E-state index is 12.9. The van der Waals surface area contributed by atoms with Gasteiger partial charge in [-0.2, -0.15) is 17.5 Å². The number of ether oxygens (including phenoxy) is 1. The van der Waals surface area contributed by atoms with Gasteiger partial charge in [-0.3, -0.25) is 4.79 Å². The van der Waals surface area contributed by atoms with Gasteiger partial charge in [-0.1, -0.05) is 24.6 Å². The Balaban J connectivity index is 1.65. The second-order valence-corrected chi connectivity index (χ2v) is 9.61. The lowest BCUT2D eigenvalue weighted by molar-refractivity contribution is -0.153. The van der Waals surface area contributed by atoms with Crippen molar-refractivity contribution in [2.75, 3.05) is 19.7 Å². The van der Waals surface area contributed by atoms with Crippen LogP contribution in [0.1, 0.15) is 40.7 Å². The van der Waals surface area contributed by atoms with E-state index in [-0.39, 0.29) is 22.8 Å². The van der Waals surface area contributed by atoms with E-state index in [1.807, 2.05) is 0 Å². The van der Waals surface area contributed by atoms with Crippen LogP contribution in [0.15, 0.2) is 47.4 Å². The predicted octanol–water partition coefficient (Wildman–Crippen LogP) is 4.04. The molecule has 6 nitrogen and oxygen atoms in total. The highest BCUT2D eigenvalue weighted by Gasteiger charge is 2.28. The van der Waals surface area contributed by atoms with Crippen molar-refractivity contribution < 1.29 is 31.1 Å². The second kappa shape index (κ2) is 9.91. The average molecular weight is 471 g/mol. The van der Waals surface area contributed by atoms with Gasteiger partial charge >= 0.3 is 6.18 Å². The zero-order valence-corrected chi connectivity index (χ0v) is 18.4. The number of halogens is 3. The number of carbonyl (C=O) groups is 1. The van der Waals surface area contributed by atoms with E-state index in [4.69, 9.17) is 0 Å². The van der Waals surface area contributed by atoms with E-state index in [1.54, 1.807) is 25.1 Å². The Morgan fingerprint density at radius 3 is 2.34 bits per heavy atom. The molecule has 10 heteroatoms. The standard InChI is InChI=1S/C22H25F3N2O4S/c1-16-5-10-19(32(29,30)27-11-3-2-4-12-27)13-20(16)21(28)26-14-17-6-8-18(9-7-17)31-15-22(23,24)25/h5-10,13H,2-4,11-12,14-15H2,1H3,(H,26,28). The fourth-order valence-corrected chi connectivity index (χ4v) is 4.95. The number of sulfonamides is 1. The lowest BCUT2D eigenvalue weighted by atomic mass is 10.1. The summed E-state index contributed by atoms with van der Waals surface area (Å²) < 4.78 is 68.6. The Kier molecular flexibility index (Phi) is 7.45. The normalized spacial score (nSPS) is 15.4. The predicted molar refractivity (Wildman–Crippen MR) is 113 cm³/mol. The van der Waals surface area contributed by atoms with Crippen LogP contribution in [0, 0.1) is 6.92 Å². The molecule has 1 amide bonds. The summed E-state index contributed by atoms with van der Waals surface area (Å²) in [5, 5.41) is 2.72. The fraction of sp³-hybridized carbons (Fsp3) is 0.409. The van der Waals surface area contributed by atoms with Crippen LogP contribution < -0.4 is 10.1 Å². The molecule has 0 unspecified atom stereocenters. The first-order chi connectivity index (χ1) is 15.1. The van der Waals surface area contributed by atoms with Gasteiger partial charge < -0.3 is 10.1 Å². The summed E-state index contributed by atoms with van der Waals surface area (Å²) in [7, 11) is -3.66. The van der Waals surface area contributed by atoms with Crippen molar-refractivity contribution in [2.24, 2.45) is 0 Å². The van der Waals surface area contributed by atoms with E-state index in [0.29, 0.717) is 24.2 Å². The lowest BCUT2D eigenvalue weighted by Crippen LogP contribution is -2.35. The Morgan fingerprint density at radius 1 is 1.06 bits per heavy atom. The van der Waals surface area contributed by atoms with Crippen molar-refractivity contribution in [2.45, 2.75) is 43.8 Å². The minimum absolute atomic E-state index is 0.0730. The van der Waals surface area contributed by atoms with Crippen molar-refractivity contribution in [3.63, 3.8) is 0 Å². The van der Waals surface area contributed by atoms with Crippen LogP contribution in [-0.2, 0) is 16.6 Å². The van der Waals surface area contributed by atoms with Crippen molar-refractivity contribution in [3.8, 4) is 5.75 Å². The van der Waals surface area contributed by atoms with Gasteiger partial charge in [-0.15, -0.1) is 0 Å². The summed E-state index contributed by atoms with van der Waals surface area (Å²) in [5.41, 5.74) is 1.55. The molecule has 1 heterocycles. The van der Waals surface area contributed by atoms with Crippen molar-refractivity contribution >= 4 is 15.9 Å². The molecule has 3 rings (SSSR count). The van der Waals surface area contributed by atoms with Crippen LogP contribution in [-0.4, -0.2) is 44.5 Å². The number of piperidine rings is 1. The minimum Gasteiger partial charge on any atom is -0.484 e. The fourth-order valence-electron chi connectivity index (χ4n) is 3.41. The highest BCUT2D eigenvalue weighted by atomic mass is 32.2. The van der Waals surface area contributed by atoms with E-state index in [2.05, 4.69) is 10.1 Å². The van der Waals surface area contributed by atoms with Gasteiger partial charge in [0.15, 0.2) is 6.61 Å². The lowest BCUT2D eigenvalue weighted by Gasteiger charge is -2.26. The molecular formula is C22H25F3N2O4S. The van der Waals surface area contributed by atoms with E-state index in [0.717, 1.165) is 19.3 Å². The Morgan fingerprint density at radius 2 is 1.72 bits per heavy atom. The first-order valence-corrected chi connectivity index (χ1v) is 11.7. The van der Waals surface area contributed by atoms with Crippen LogP contribution in [0.3, 0.4) is 0 Å². The summed E-state index contributed by atoms with van der Waals surface area (Å²) in [4.78, 5) is 12.8. The molecule has 1 saturated heterocycles. The van der Waals surface area contributed by atoms with Gasteiger partial charge in [0.2, 0.25) is 10.0 Å². The van der Waals surface area contributed by atoms with Gasteiger partial charge in [0.25, 0.3) is 5.91 Å². The smallest absolute Gasteiger partial charge is 0.422 e. The van der Waals surface area contributed by atoms with Crippen LogP contribution in [0.5, 0.6) is 5.75 Å². The zero-order chi connectivity index (χ0) is 23.4. The maximum Gasteiger partial charge on any atom is 0.422 e. The molecule has 1 N–H and O–H groups in total. The number of benzene rings is 2. The Labute approximate surface area is 185 Å². The maximum absolute atomic E-state index is 12.9. The van der Waals surface area contributed by atoms with Gasteiger partial charge in [-0.05, 0) is 55.2 Å². The molecular weight excluding hydrogens is 445 g/mol. The van der Waals surface area contributed by atoms with E-state index >= 15 is 0 Å². The molecule has 1 aliphatic heterocycles. The molecule has 0 bridgehead atoms. The summed E-state index contributed by atoms with van der Waals surface area (Å²) in [6, 6.07) is 10.4. The third-order valence-corrected chi connectivity index (χ3v) is 7.08. The minimum atomic E-state index is -4.42. The Hall–Kier alpha value is -2.59. The molecule has 0 aromatic heterocycles. The van der Waals surface area contributed by atoms with Crippen molar-refractivity contribution in [1.82, 2.24) is 9.62 Å². The summed E-state index contributed by atoms with van der Waals surface area (Å²) in [6.07, 6.45) is -1.78. The summed E-state index contributed by atoms with van der Waals surface area (Å²) >= 11 is 0. The number of hydrogen-bond acceptors (Lipinski definition) is 4. The molecule has 1 aliphatic rings. The number of nitrogens with one attached hydrogen (secondary N) is 1. The molecule has 174 valence electrons. The second-order valence-electron chi connectivity index (χ2n) is 7.67. The number of rotatable bonds is 7. The molecule has 2 aromatic rings. The van der Waals surface area contributed by atoms with Crippen molar-refractivity contribution in [3.05, 3.63) is 59.2 Å². The molecule has 0 radical (unpaired) electrons. The number of hydrogen-bond donors (Lipinski definition) is 1. The third kappa shape index (κ3) is 6.23. The molecule has 0 atom stereocenters. The Bertz CT molecular complexity index is 1050. The monoisotopic (exact) mass is 470 g/mol. The molecule has 0 saturated carbocycles.